The summed E-state index contributed by atoms with van der Waals surface area (Å²) in [7, 11) is 1.77. The van der Waals surface area contributed by atoms with Crippen LogP contribution < -0.4 is 0 Å². The van der Waals surface area contributed by atoms with Crippen molar-refractivity contribution < 1.29 is 19.4 Å². The first-order chi connectivity index (χ1) is 9.46. The number of carboxylic acid groups (broad SMARTS) is 1. The molecule has 0 bridgehead atoms. The predicted octanol–water partition coefficient (Wildman–Crippen LogP) is 2.05. The number of hydrogen-bond acceptors (Lipinski definition) is 3. The molecule has 0 aromatic carbocycles. The highest BCUT2D eigenvalue weighted by molar-refractivity contribution is 5.85. The first kappa shape index (κ1) is 15.3. The van der Waals surface area contributed by atoms with Gasteiger partial charge in [0.15, 0.2) is 0 Å². The van der Waals surface area contributed by atoms with Gasteiger partial charge >= 0.3 is 5.97 Å². The second-order valence-electron chi connectivity index (χ2n) is 6.26. The Kier molecular flexibility index (Phi) is 4.68. The highest BCUT2D eigenvalue weighted by Crippen LogP contribution is 2.40. The number of amides is 1. The van der Waals surface area contributed by atoms with Crippen molar-refractivity contribution in [3.05, 3.63) is 0 Å². The molecule has 0 spiro atoms. The van der Waals surface area contributed by atoms with Crippen molar-refractivity contribution in [2.45, 2.75) is 64.0 Å². The average Bonchev–Trinajstić information content (AvgIpc) is 2.85. The van der Waals surface area contributed by atoms with E-state index in [0.717, 1.165) is 25.7 Å². The molecule has 2 fully saturated rings. The van der Waals surface area contributed by atoms with Crippen LogP contribution in [0.4, 0.5) is 0 Å². The molecular formula is C15H25NO4. The Morgan fingerprint density at radius 2 is 1.95 bits per heavy atom. The third-order valence-corrected chi connectivity index (χ3v) is 4.98. The predicted molar refractivity (Wildman–Crippen MR) is 74.4 cm³/mol. The molecule has 1 amide bonds. The summed E-state index contributed by atoms with van der Waals surface area (Å²) < 4.78 is 5.49. The van der Waals surface area contributed by atoms with Crippen LogP contribution in [0.3, 0.4) is 0 Å². The van der Waals surface area contributed by atoms with E-state index < -0.39 is 11.4 Å². The summed E-state index contributed by atoms with van der Waals surface area (Å²) in [5, 5.41) is 9.54. The van der Waals surface area contributed by atoms with Gasteiger partial charge in [0.1, 0.15) is 0 Å². The Bertz CT molecular complexity index is 376. The summed E-state index contributed by atoms with van der Waals surface area (Å²) in [5.74, 6) is -0.869. The Balaban J connectivity index is 2.02. The maximum Gasteiger partial charge on any atom is 0.310 e. The van der Waals surface area contributed by atoms with Gasteiger partial charge in [-0.15, -0.1) is 0 Å². The zero-order chi connectivity index (χ0) is 14.8. The molecule has 114 valence electrons. The van der Waals surface area contributed by atoms with Crippen molar-refractivity contribution in [1.82, 2.24) is 4.90 Å². The minimum absolute atomic E-state index is 0.0380. The van der Waals surface area contributed by atoms with E-state index in [9.17, 15) is 14.7 Å². The lowest BCUT2D eigenvalue weighted by Gasteiger charge is -2.35. The first-order valence-electron chi connectivity index (χ1n) is 7.57. The molecule has 2 unspecified atom stereocenters. The number of carbonyl (C=O) groups excluding carboxylic acids is 1. The zero-order valence-electron chi connectivity index (χ0n) is 12.4. The Labute approximate surface area is 120 Å². The number of carboxylic acids is 1. The van der Waals surface area contributed by atoms with E-state index in [4.69, 9.17) is 4.74 Å². The van der Waals surface area contributed by atoms with Gasteiger partial charge in [-0.2, -0.15) is 0 Å². The summed E-state index contributed by atoms with van der Waals surface area (Å²) in [6.07, 6.45) is 5.14. The number of aliphatic carboxylic acids is 1. The van der Waals surface area contributed by atoms with Crippen LogP contribution in [0.15, 0.2) is 0 Å². The van der Waals surface area contributed by atoms with Gasteiger partial charge in [-0.3, -0.25) is 9.59 Å². The van der Waals surface area contributed by atoms with Crippen molar-refractivity contribution in [1.29, 1.82) is 0 Å². The fraction of sp³-hybridized carbons (Fsp3) is 0.867. The lowest BCUT2D eigenvalue weighted by Crippen LogP contribution is -2.45. The van der Waals surface area contributed by atoms with Crippen molar-refractivity contribution in [2.24, 2.45) is 5.41 Å². The van der Waals surface area contributed by atoms with E-state index in [-0.39, 0.29) is 24.5 Å². The number of nitrogens with zero attached hydrogens (tertiary/aromatic N) is 1. The number of rotatable bonds is 4. The summed E-state index contributed by atoms with van der Waals surface area (Å²) in [4.78, 5) is 25.8. The van der Waals surface area contributed by atoms with Gasteiger partial charge in [0.25, 0.3) is 0 Å². The molecule has 20 heavy (non-hydrogen) atoms. The van der Waals surface area contributed by atoms with Gasteiger partial charge in [-0.25, -0.2) is 0 Å². The lowest BCUT2D eigenvalue weighted by atomic mass is 9.71. The SMILES string of the molecule is CC1OCCC1N(C)C(=O)CC1(C(=O)O)CCCCC1. The Hall–Kier alpha value is -1.10. The number of ether oxygens (including phenoxy) is 1. The maximum absolute atomic E-state index is 12.5. The molecule has 5 heteroatoms. The van der Waals surface area contributed by atoms with E-state index in [1.165, 1.54) is 0 Å². The molecule has 1 aliphatic heterocycles. The normalized spacial score (nSPS) is 29.1. The third-order valence-electron chi connectivity index (χ3n) is 4.98. The van der Waals surface area contributed by atoms with Gasteiger partial charge in [0.05, 0.1) is 17.6 Å². The highest BCUT2D eigenvalue weighted by atomic mass is 16.5. The Morgan fingerprint density at radius 3 is 2.45 bits per heavy atom. The summed E-state index contributed by atoms with van der Waals surface area (Å²) in [5.41, 5.74) is -0.841. The maximum atomic E-state index is 12.5. The fourth-order valence-electron chi connectivity index (χ4n) is 3.52. The van der Waals surface area contributed by atoms with E-state index in [1.807, 2.05) is 6.92 Å². The molecule has 0 radical (unpaired) electrons. The van der Waals surface area contributed by atoms with Gasteiger partial charge in [0.2, 0.25) is 5.91 Å². The van der Waals surface area contributed by atoms with Crippen LogP contribution in [0, 0.1) is 5.41 Å². The van der Waals surface area contributed by atoms with Crippen LogP contribution in [0.5, 0.6) is 0 Å². The minimum atomic E-state index is -0.841. The molecule has 1 N–H and O–H groups in total. The highest BCUT2D eigenvalue weighted by Gasteiger charge is 2.43. The largest absolute Gasteiger partial charge is 0.481 e. The van der Waals surface area contributed by atoms with Crippen LogP contribution in [0.1, 0.15) is 51.9 Å². The lowest BCUT2D eigenvalue weighted by molar-refractivity contribution is -0.156. The second-order valence-corrected chi connectivity index (χ2v) is 6.26. The van der Waals surface area contributed by atoms with E-state index in [0.29, 0.717) is 19.4 Å². The molecule has 2 rings (SSSR count). The van der Waals surface area contributed by atoms with Crippen molar-refractivity contribution in [3.63, 3.8) is 0 Å². The first-order valence-corrected chi connectivity index (χ1v) is 7.57. The van der Waals surface area contributed by atoms with Gasteiger partial charge < -0.3 is 14.7 Å². The molecule has 0 aromatic rings. The molecule has 5 nitrogen and oxygen atoms in total. The van der Waals surface area contributed by atoms with Crippen molar-refractivity contribution in [2.75, 3.05) is 13.7 Å². The quantitative estimate of drug-likeness (QED) is 0.857. The monoisotopic (exact) mass is 283 g/mol. The fourth-order valence-corrected chi connectivity index (χ4v) is 3.52. The molecule has 1 saturated carbocycles. The van der Waals surface area contributed by atoms with Crippen molar-refractivity contribution >= 4 is 11.9 Å². The number of carbonyl (C=O) groups is 2. The third kappa shape index (κ3) is 2.97. The molecule has 2 aliphatic rings. The topological polar surface area (TPSA) is 66.8 Å². The average molecular weight is 283 g/mol. The zero-order valence-corrected chi connectivity index (χ0v) is 12.4. The van der Waals surface area contributed by atoms with E-state index in [1.54, 1.807) is 11.9 Å². The molecule has 2 atom stereocenters. The van der Waals surface area contributed by atoms with Gasteiger partial charge in [-0.1, -0.05) is 19.3 Å². The minimum Gasteiger partial charge on any atom is -0.481 e. The van der Waals surface area contributed by atoms with E-state index >= 15 is 0 Å². The van der Waals surface area contributed by atoms with Crippen LogP contribution in [0.25, 0.3) is 0 Å². The summed E-state index contributed by atoms with van der Waals surface area (Å²) in [6.45, 7) is 2.64. The number of likely N-dealkylation sites (N-methyl/N-ethyl adjacent to an activating group) is 1. The smallest absolute Gasteiger partial charge is 0.310 e. The number of hydrogen-bond donors (Lipinski definition) is 1. The molecular weight excluding hydrogens is 258 g/mol. The molecule has 1 saturated heterocycles. The second kappa shape index (κ2) is 6.12. The van der Waals surface area contributed by atoms with Gasteiger partial charge in [0, 0.05) is 20.1 Å². The van der Waals surface area contributed by atoms with Crippen LogP contribution >= 0.6 is 0 Å². The Morgan fingerprint density at radius 1 is 1.30 bits per heavy atom. The molecule has 1 aliphatic carbocycles. The summed E-state index contributed by atoms with van der Waals surface area (Å²) in [6, 6.07) is 0.0805. The summed E-state index contributed by atoms with van der Waals surface area (Å²) >= 11 is 0. The van der Waals surface area contributed by atoms with Crippen molar-refractivity contribution in [3.8, 4) is 0 Å². The van der Waals surface area contributed by atoms with E-state index in [2.05, 4.69) is 0 Å². The molecule has 0 aromatic heterocycles. The molecule has 1 heterocycles. The van der Waals surface area contributed by atoms with Crippen LogP contribution in [-0.4, -0.2) is 47.7 Å². The van der Waals surface area contributed by atoms with Gasteiger partial charge in [-0.05, 0) is 26.2 Å². The van der Waals surface area contributed by atoms with Crippen LogP contribution in [-0.2, 0) is 14.3 Å². The standard InChI is InChI=1S/C15H25NO4/c1-11-12(6-9-20-11)16(2)13(17)10-15(14(18)19)7-4-3-5-8-15/h11-12H,3-10H2,1-2H3,(H,18,19). The van der Waals surface area contributed by atoms with Crippen LogP contribution in [0.2, 0.25) is 0 Å².